The fraction of sp³-hybridized carbons (Fsp3) is 0.423. The van der Waals surface area contributed by atoms with Crippen LogP contribution in [0.5, 0.6) is 5.75 Å². The van der Waals surface area contributed by atoms with Crippen LogP contribution in [0.4, 0.5) is 0 Å². The van der Waals surface area contributed by atoms with Crippen molar-refractivity contribution in [2.24, 2.45) is 5.92 Å². The van der Waals surface area contributed by atoms with Crippen LogP contribution in [-0.2, 0) is 39.5 Å². The third-order valence-electron chi connectivity index (χ3n) is 7.05. The molecular weight excluding hydrogens is 514 g/mol. The molecule has 0 radical (unpaired) electrons. The van der Waals surface area contributed by atoms with E-state index in [1.807, 2.05) is 18.2 Å². The molecule has 11 heteroatoms. The van der Waals surface area contributed by atoms with Crippen molar-refractivity contribution >= 4 is 19.9 Å². The molecule has 3 aromatic rings. The van der Waals surface area contributed by atoms with Crippen LogP contribution in [0.2, 0.25) is 0 Å². The smallest absolute Gasteiger partial charge is 0.211 e. The second-order valence-corrected chi connectivity index (χ2v) is 13.9. The van der Waals surface area contributed by atoms with E-state index in [2.05, 4.69) is 22.2 Å². The maximum Gasteiger partial charge on any atom is 0.211 e. The number of benzene rings is 2. The number of aromatic nitrogens is 1. The second-order valence-electron chi connectivity index (χ2n) is 9.98. The Bertz CT molecular complexity index is 1480. The summed E-state index contributed by atoms with van der Waals surface area (Å²) in [4.78, 5) is 2.45. The highest BCUT2D eigenvalue weighted by atomic mass is 32.2. The van der Waals surface area contributed by atoms with Crippen molar-refractivity contribution in [2.45, 2.75) is 37.4 Å². The van der Waals surface area contributed by atoms with E-state index in [1.54, 1.807) is 18.3 Å². The van der Waals surface area contributed by atoms with Crippen LogP contribution in [-0.4, -0.2) is 63.4 Å². The van der Waals surface area contributed by atoms with Crippen molar-refractivity contribution < 1.29 is 26.1 Å². The molecular formula is C26H31N3O6S2. The van der Waals surface area contributed by atoms with Gasteiger partial charge in [-0.15, -0.1) is 0 Å². The van der Waals surface area contributed by atoms with Crippen molar-refractivity contribution in [2.75, 3.05) is 32.2 Å². The summed E-state index contributed by atoms with van der Waals surface area (Å²) in [5, 5.41) is 3.78. The Morgan fingerprint density at radius 1 is 0.973 bits per heavy atom. The monoisotopic (exact) mass is 545 g/mol. The van der Waals surface area contributed by atoms with Gasteiger partial charge in [0.25, 0.3) is 0 Å². The number of ether oxygens (including phenoxy) is 1. The van der Waals surface area contributed by atoms with Crippen molar-refractivity contribution in [1.29, 1.82) is 0 Å². The molecule has 0 aliphatic carbocycles. The Balaban J connectivity index is 1.24. The van der Waals surface area contributed by atoms with E-state index in [0.717, 1.165) is 30.0 Å². The summed E-state index contributed by atoms with van der Waals surface area (Å²) in [7, 11) is -6.69. The quantitative estimate of drug-likeness (QED) is 0.424. The van der Waals surface area contributed by atoms with E-state index < -0.39 is 19.9 Å². The minimum atomic E-state index is -3.50. The van der Waals surface area contributed by atoms with Gasteiger partial charge in [0.05, 0.1) is 19.1 Å². The Morgan fingerprint density at radius 2 is 1.73 bits per heavy atom. The van der Waals surface area contributed by atoms with Gasteiger partial charge in [-0.25, -0.2) is 21.1 Å². The van der Waals surface area contributed by atoms with E-state index in [0.29, 0.717) is 44.8 Å². The average molecular weight is 546 g/mol. The molecule has 3 heterocycles. The molecule has 198 valence electrons. The first-order chi connectivity index (χ1) is 17.6. The fourth-order valence-electron chi connectivity index (χ4n) is 5.03. The maximum atomic E-state index is 12.6. The van der Waals surface area contributed by atoms with Crippen LogP contribution in [0, 0.1) is 5.92 Å². The van der Waals surface area contributed by atoms with Crippen molar-refractivity contribution in [3.8, 4) is 17.1 Å². The molecule has 1 saturated heterocycles. The molecule has 2 aliphatic heterocycles. The van der Waals surface area contributed by atoms with Gasteiger partial charge in [0.1, 0.15) is 10.6 Å². The minimum absolute atomic E-state index is 0.176. The summed E-state index contributed by atoms with van der Waals surface area (Å²) in [6.07, 6.45) is 5.42. The van der Waals surface area contributed by atoms with Gasteiger partial charge in [-0.05, 0) is 53.6 Å². The predicted octanol–water partition coefficient (Wildman–Crippen LogP) is 3.31. The van der Waals surface area contributed by atoms with Gasteiger partial charge in [-0.1, -0.05) is 23.4 Å². The standard InChI is InChI=1S/C26H31N3O6S2/c1-36(30,31)26-13-20(3-6-25(26)34-18-19-8-11-29(12-9-19)37(2,32)33)15-28-16-22-5-4-21(14-23(22)17-28)24-7-10-27-35-24/h3-7,10,13-14,19H,8-9,11-12,15-18H2,1-2H3. The molecule has 0 bridgehead atoms. The summed E-state index contributed by atoms with van der Waals surface area (Å²) >= 11 is 0. The number of sulfonamides is 1. The van der Waals surface area contributed by atoms with Crippen molar-refractivity contribution in [1.82, 2.24) is 14.4 Å². The van der Waals surface area contributed by atoms with E-state index >= 15 is 0 Å². The third-order valence-corrected chi connectivity index (χ3v) is 9.47. The van der Waals surface area contributed by atoms with E-state index in [1.165, 1.54) is 27.9 Å². The lowest BCUT2D eigenvalue weighted by molar-refractivity contribution is 0.183. The van der Waals surface area contributed by atoms with Crippen LogP contribution in [0.15, 0.2) is 58.1 Å². The SMILES string of the molecule is CS(=O)(=O)c1cc(CN2Cc3ccc(-c4ccno4)cc3C2)ccc1OCC1CCN(S(C)(=O)=O)CC1. The topological polar surface area (TPSA) is 110 Å². The first kappa shape index (κ1) is 25.9. The average Bonchev–Trinajstić information content (AvgIpc) is 3.51. The number of piperidine rings is 1. The summed E-state index contributed by atoms with van der Waals surface area (Å²) in [5.41, 5.74) is 4.35. The van der Waals surface area contributed by atoms with E-state index in [-0.39, 0.29) is 10.8 Å². The van der Waals surface area contributed by atoms with E-state index in [9.17, 15) is 16.8 Å². The molecule has 9 nitrogen and oxygen atoms in total. The summed E-state index contributed by atoms with van der Waals surface area (Å²) in [6.45, 7) is 3.43. The molecule has 0 N–H and O–H groups in total. The zero-order valence-electron chi connectivity index (χ0n) is 21.0. The minimum Gasteiger partial charge on any atom is -0.492 e. The van der Waals surface area contributed by atoms with E-state index in [4.69, 9.17) is 9.26 Å². The molecule has 0 unspecified atom stereocenters. The summed E-state index contributed by atoms with van der Waals surface area (Å²) < 4.78 is 61.4. The molecule has 0 atom stereocenters. The van der Waals surface area contributed by atoms with Gasteiger partial charge in [-0.2, -0.15) is 0 Å². The van der Waals surface area contributed by atoms with Gasteiger partial charge in [0.2, 0.25) is 10.0 Å². The molecule has 37 heavy (non-hydrogen) atoms. The first-order valence-electron chi connectivity index (χ1n) is 12.2. The lowest BCUT2D eigenvalue weighted by atomic mass is 9.99. The third kappa shape index (κ3) is 6.06. The molecule has 2 aromatic carbocycles. The summed E-state index contributed by atoms with van der Waals surface area (Å²) in [5.74, 6) is 1.25. The van der Waals surface area contributed by atoms with Crippen molar-refractivity contribution in [3.05, 3.63) is 65.4 Å². The number of hydrogen-bond donors (Lipinski definition) is 0. The Hall–Kier alpha value is -2.73. The molecule has 0 saturated carbocycles. The molecule has 1 aromatic heterocycles. The van der Waals surface area contributed by atoms with Gasteiger partial charge < -0.3 is 9.26 Å². The second kappa shape index (κ2) is 10.2. The number of sulfone groups is 1. The first-order valence-corrected chi connectivity index (χ1v) is 16.0. The molecule has 0 amide bonds. The lowest BCUT2D eigenvalue weighted by Crippen LogP contribution is -2.39. The van der Waals surface area contributed by atoms with Crippen LogP contribution in [0.3, 0.4) is 0 Å². The van der Waals surface area contributed by atoms with Gasteiger partial charge >= 0.3 is 0 Å². The Morgan fingerprint density at radius 3 is 2.41 bits per heavy atom. The molecule has 0 spiro atoms. The number of hydrogen-bond acceptors (Lipinski definition) is 8. The van der Waals surface area contributed by atoms with Crippen LogP contribution < -0.4 is 4.74 Å². The highest BCUT2D eigenvalue weighted by molar-refractivity contribution is 7.90. The van der Waals surface area contributed by atoms with Gasteiger partial charge in [0, 0.05) is 50.6 Å². The number of fused-ring (bicyclic) bond motifs is 1. The summed E-state index contributed by atoms with van der Waals surface area (Å²) in [6, 6.07) is 13.5. The predicted molar refractivity (Wildman–Crippen MR) is 139 cm³/mol. The van der Waals surface area contributed by atoms with Gasteiger partial charge in [-0.3, -0.25) is 4.90 Å². The zero-order chi connectivity index (χ0) is 26.2. The highest BCUT2D eigenvalue weighted by Gasteiger charge is 2.26. The fourth-order valence-corrected chi connectivity index (χ4v) is 6.76. The van der Waals surface area contributed by atoms with Crippen LogP contribution >= 0.6 is 0 Å². The van der Waals surface area contributed by atoms with Gasteiger partial charge in [0.15, 0.2) is 15.6 Å². The number of nitrogens with zero attached hydrogens (tertiary/aromatic N) is 3. The number of rotatable bonds is 8. The highest BCUT2D eigenvalue weighted by Crippen LogP contribution is 2.31. The zero-order valence-corrected chi connectivity index (χ0v) is 22.6. The normalized spacial score (nSPS) is 17.7. The largest absolute Gasteiger partial charge is 0.492 e. The Kier molecular flexibility index (Phi) is 7.14. The molecule has 1 fully saturated rings. The molecule has 2 aliphatic rings. The lowest BCUT2D eigenvalue weighted by Gasteiger charge is -2.30. The molecule has 5 rings (SSSR count). The van der Waals surface area contributed by atoms with Crippen LogP contribution in [0.1, 0.15) is 29.5 Å². The Labute approximate surface area is 218 Å². The maximum absolute atomic E-state index is 12.6. The van der Waals surface area contributed by atoms with Crippen molar-refractivity contribution in [3.63, 3.8) is 0 Å². The van der Waals surface area contributed by atoms with Crippen LogP contribution in [0.25, 0.3) is 11.3 Å².